The maximum atomic E-state index is 12.0. The topological polar surface area (TPSA) is 47.9 Å². The Morgan fingerprint density at radius 2 is 2.18 bits per heavy atom. The second-order valence-electron chi connectivity index (χ2n) is 4.13. The van der Waals surface area contributed by atoms with E-state index in [-0.39, 0.29) is 5.12 Å². The Morgan fingerprint density at radius 3 is 2.82 bits per heavy atom. The maximum Gasteiger partial charge on any atom is 0.244 e. The Morgan fingerprint density at radius 1 is 1.41 bits per heavy atom. The number of methoxy groups -OCH3 is 2. The van der Waals surface area contributed by atoms with E-state index < -0.39 is 0 Å². The molecule has 0 bridgehead atoms. The molecule has 0 amide bonds. The van der Waals surface area contributed by atoms with Crippen LogP contribution in [-0.4, -0.2) is 29.5 Å². The largest absolute Gasteiger partial charge is 0.493 e. The van der Waals surface area contributed by atoms with Crippen LogP contribution < -0.4 is 9.47 Å². The van der Waals surface area contributed by atoms with Crippen molar-refractivity contribution in [3.05, 3.63) is 41.1 Å². The smallest absolute Gasteiger partial charge is 0.244 e. The van der Waals surface area contributed by atoms with Gasteiger partial charge < -0.3 is 9.47 Å². The number of nitrogens with zero attached hydrogens (tertiary/aromatic N) is 1. The molecule has 2 rings (SSSR count). The van der Waals surface area contributed by atoms with Crippen molar-refractivity contribution in [2.24, 2.45) is 4.99 Å². The Labute approximate surface area is 142 Å². The molecule has 1 aliphatic rings. The van der Waals surface area contributed by atoms with Crippen LogP contribution in [-0.2, 0) is 4.79 Å². The number of carbonyl (C=O) groups excluding carboxylic acids is 1. The summed E-state index contributed by atoms with van der Waals surface area (Å²) >= 11 is 8.66. The number of ether oxygens (including phenoxy) is 2. The third kappa shape index (κ3) is 3.88. The van der Waals surface area contributed by atoms with E-state index >= 15 is 0 Å². The van der Waals surface area contributed by atoms with Crippen LogP contribution in [0.3, 0.4) is 0 Å². The molecule has 1 aromatic carbocycles. The van der Waals surface area contributed by atoms with Crippen LogP contribution in [0.1, 0.15) is 5.56 Å². The highest BCUT2D eigenvalue weighted by Crippen LogP contribution is 2.38. The number of aliphatic imine (C=N–C) groups is 1. The summed E-state index contributed by atoms with van der Waals surface area (Å²) in [5.74, 6) is 1.73. The molecule has 0 N–H and O–H groups in total. The van der Waals surface area contributed by atoms with Gasteiger partial charge in [0.2, 0.25) is 5.12 Å². The lowest BCUT2D eigenvalue weighted by molar-refractivity contribution is -0.107. The minimum Gasteiger partial charge on any atom is -0.493 e. The molecule has 0 aromatic heterocycles. The average Bonchev–Trinajstić information content (AvgIpc) is 2.84. The van der Waals surface area contributed by atoms with Gasteiger partial charge in [-0.15, -0.1) is 6.58 Å². The van der Waals surface area contributed by atoms with Crippen molar-refractivity contribution in [1.29, 1.82) is 0 Å². The van der Waals surface area contributed by atoms with Gasteiger partial charge in [0, 0.05) is 22.4 Å². The number of benzene rings is 1. The van der Waals surface area contributed by atoms with Crippen molar-refractivity contribution in [3.63, 3.8) is 0 Å². The Hall–Kier alpha value is -1.37. The van der Waals surface area contributed by atoms with Gasteiger partial charge in [-0.25, -0.2) is 4.99 Å². The van der Waals surface area contributed by atoms with Gasteiger partial charge in [0.1, 0.15) is 10.1 Å². The molecular weight excluding hydrogens is 342 g/mol. The molecule has 0 aliphatic carbocycles. The summed E-state index contributed by atoms with van der Waals surface area (Å²) in [6.07, 6.45) is 3.43. The molecule has 0 radical (unpaired) electrons. The van der Waals surface area contributed by atoms with E-state index in [1.807, 2.05) is 0 Å². The fourth-order valence-electron chi connectivity index (χ4n) is 1.79. The first-order valence-electron chi connectivity index (χ1n) is 6.26. The summed E-state index contributed by atoms with van der Waals surface area (Å²) in [5.41, 5.74) is 1.01. The van der Waals surface area contributed by atoms with Gasteiger partial charge in [-0.05, 0) is 23.9 Å². The molecule has 1 heterocycles. The van der Waals surface area contributed by atoms with E-state index in [0.29, 0.717) is 37.9 Å². The minimum atomic E-state index is -0.104. The van der Waals surface area contributed by atoms with E-state index in [1.54, 1.807) is 24.3 Å². The second kappa shape index (κ2) is 7.76. The molecule has 7 heteroatoms. The lowest BCUT2D eigenvalue weighted by Crippen LogP contribution is -1.95. The van der Waals surface area contributed by atoms with E-state index in [1.165, 1.54) is 26.0 Å². The van der Waals surface area contributed by atoms with Crippen molar-refractivity contribution in [2.75, 3.05) is 20.0 Å². The number of hydrogen-bond acceptors (Lipinski definition) is 6. The van der Waals surface area contributed by atoms with E-state index in [0.717, 1.165) is 11.8 Å². The number of halogens is 1. The van der Waals surface area contributed by atoms with Crippen LogP contribution in [0.5, 0.6) is 11.5 Å². The van der Waals surface area contributed by atoms with Crippen molar-refractivity contribution >= 4 is 50.7 Å². The average molecular weight is 356 g/mol. The zero-order valence-electron chi connectivity index (χ0n) is 12.1. The van der Waals surface area contributed by atoms with Gasteiger partial charge in [0.05, 0.1) is 14.2 Å². The Bertz CT molecular complexity index is 671. The molecular formula is C15H14ClNO3S2. The van der Waals surface area contributed by atoms with E-state index in [9.17, 15) is 4.79 Å². The van der Waals surface area contributed by atoms with E-state index in [4.69, 9.17) is 21.1 Å². The molecule has 1 aromatic rings. The fourth-order valence-corrected chi connectivity index (χ4v) is 3.61. The highest BCUT2D eigenvalue weighted by molar-refractivity contribution is 8.45. The molecule has 0 unspecified atom stereocenters. The van der Waals surface area contributed by atoms with Gasteiger partial charge in [-0.2, -0.15) is 0 Å². The zero-order valence-corrected chi connectivity index (χ0v) is 14.5. The minimum absolute atomic E-state index is 0.104. The third-order valence-electron chi connectivity index (χ3n) is 2.69. The number of thioether (sulfide) groups is 2. The van der Waals surface area contributed by atoms with Crippen molar-refractivity contribution in [2.45, 2.75) is 0 Å². The second-order valence-corrected chi connectivity index (χ2v) is 6.79. The van der Waals surface area contributed by atoms with Crippen LogP contribution in [0, 0.1) is 0 Å². The predicted octanol–water partition coefficient (Wildman–Crippen LogP) is 4.25. The Kier molecular flexibility index (Phi) is 5.99. The normalized spacial score (nSPS) is 15.9. The van der Waals surface area contributed by atoms with Crippen molar-refractivity contribution < 1.29 is 14.3 Å². The Balaban J connectivity index is 2.40. The summed E-state index contributed by atoms with van der Waals surface area (Å²) in [4.78, 5) is 16.4. The molecule has 0 atom stereocenters. The molecule has 4 nitrogen and oxygen atoms in total. The van der Waals surface area contributed by atoms with Crippen LogP contribution in [0.15, 0.2) is 35.5 Å². The summed E-state index contributed by atoms with van der Waals surface area (Å²) < 4.78 is 11.3. The number of carbonyl (C=O) groups is 1. The first kappa shape index (κ1) is 17.0. The van der Waals surface area contributed by atoms with E-state index in [2.05, 4.69) is 11.6 Å². The number of hydrogen-bond donors (Lipinski definition) is 0. The first-order chi connectivity index (χ1) is 10.6. The molecule has 0 saturated carbocycles. The van der Waals surface area contributed by atoms with Crippen LogP contribution in [0.25, 0.3) is 6.08 Å². The summed E-state index contributed by atoms with van der Waals surface area (Å²) in [5, 5.41) is 0.389. The molecule has 0 fully saturated rings. The zero-order chi connectivity index (χ0) is 16.1. The van der Waals surface area contributed by atoms with Gasteiger partial charge in [-0.1, -0.05) is 29.4 Å². The molecule has 116 valence electrons. The molecule has 22 heavy (non-hydrogen) atoms. The van der Waals surface area contributed by atoms with Gasteiger partial charge >= 0.3 is 0 Å². The van der Waals surface area contributed by atoms with Crippen LogP contribution >= 0.6 is 35.1 Å². The van der Waals surface area contributed by atoms with Gasteiger partial charge in [0.15, 0.2) is 11.5 Å². The lowest BCUT2D eigenvalue weighted by Gasteiger charge is -2.11. The fraction of sp³-hybridized carbons (Fsp3) is 0.200. The summed E-state index contributed by atoms with van der Waals surface area (Å²) in [7, 11) is 3.07. The quantitative estimate of drug-likeness (QED) is 0.583. The highest BCUT2D eigenvalue weighted by Gasteiger charge is 2.23. The lowest BCUT2D eigenvalue weighted by atomic mass is 10.1. The maximum absolute atomic E-state index is 12.0. The highest BCUT2D eigenvalue weighted by atomic mass is 35.5. The summed E-state index contributed by atoms with van der Waals surface area (Å²) in [6, 6.07) is 3.36. The first-order valence-corrected chi connectivity index (χ1v) is 8.44. The molecule has 0 saturated heterocycles. The van der Waals surface area contributed by atoms with Gasteiger partial charge in [0.25, 0.3) is 0 Å². The predicted molar refractivity (Wildman–Crippen MR) is 95.2 cm³/mol. The standard InChI is InChI=1S/C15H14ClNO3S2/c1-4-5-21-15-17-11(14(18)22-15)7-9-6-10(16)8-12(19-2)13(9)20-3/h4,6-8H,1,5H2,2-3H3. The SMILES string of the molecule is C=CCSC1=NC(=Cc2cc(Cl)cc(OC)c2OC)C(=O)S1. The van der Waals surface area contributed by atoms with Crippen molar-refractivity contribution in [1.82, 2.24) is 0 Å². The third-order valence-corrected chi connectivity index (χ3v) is 4.91. The van der Waals surface area contributed by atoms with Gasteiger partial charge in [-0.3, -0.25) is 4.79 Å². The van der Waals surface area contributed by atoms with Crippen LogP contribution in [0.2, 0.25) is 5.02 Å². The molecule has 1 aliphatic heterocycles. The number of rotatable bonds is 5. The van der Waals surface area contributed by atoms with Crippen LogP contribution in [0.4, 0.5) is 0 Å². The van der Waals surface area contributed by atoms with Crippen molar-refractivity contribution in [3.8, 4) is 11.5 Å². The summed E-state index contributed by atoms with van der Waals surface area (Å²) in [6.45, 7) is 3.65. The monoisotopic (exact) mass is 355 g/mol. The molecule has 0 spiro atoms.